The monoisotopic (exact) mass is 706 g/mol. The summed E-state index contributed by atoms with van der Waals surface area (Å²) in [6, 6.07) is 58.5. The number of rotatable bonds is 5. The first kappa shape index (κ1) is 33.3. The lowest BCUT2D eigenvalue weighted by Gasteiger charge is -2.46. The van der Waals surface area contributed by atoms with Crippen molar-refractivity contribution in [3.63, 3.8) is 0 Å². The van der Waals surface area contributed by atoms with E-state index in [1.807, 2.05) is 0 Å². The maximum absolute atomic E-state index is 3.92. The second-order valence-electron chi connectivity index (χ2n) is 16.1. The highest BCUT2D eigenvalue weighted by Crippen LogP contribution is 2.53. The van der Waals surface area contributed by atoms with E-state index in [-0.39, 0.29) is 5.41 Å². The Balaban J connectivity index is 1.24. The predicted octanol–water partition coefficient (Wildman–Crippen LogP) is 12.3. The fraction of sp³-hybridized carbons (Fsp3) is 0.115. The van der Waals surface area contributed by atoms with Crippen LogP contribution in [0.3, 0.4) is 0 Å². The zero-order valence-corrected chi connectivity index (χ0v) is 32.2. The second-order valence-corrected chi connectivity index (χ2v) is 16.1. The van der Waals surface area contributed by atoms with Crippen molar-refractivity contribution in [2.45, 2.75) is 40.0 Å². The van der Waals surface area contributed by atoms with Crippen LogP contribution in [-0.4, -0.2) is 7.28 Å². The fourth-order valence-corrected chi connectivity index (χ4v) is 9.57. The largest absolute Gasteiger partial charge is 0.355 e. The molecular formula is C52H43BN2. The summed E-state index contributed by atoms with van der Waals surface area (Å²) < 4.78 is 0. The Bertz CT molecular complexity index is 2790. The van der Waals surface area contributed by atoms with Crippen molar-refractivity contribution in [3.8, 4) is 33.4 Å². The van der Waals surface area contributed by atoms with Gasteiger partial charge in [-0.3, -0.25) is 0 Å². The van der Waals surface area contributed by atoms with Crippen LogP contribution < -0.4 is 21.1 Å². The van der Waals surface area contributed by atoms with E-state index in [9.17, 15) is 0 Å². The van der Waals surface area contributed by atoms with Crippen molar-refractivity contribution >= 4 is 57.4 Å². The molecule has 2 aliphatic rings. The molecule has 8 aromatic rings. The van der Waals surface area contributed by atoms with Gasteiger partial charge in [0.15, 0.2) is 7.28 Å². The van der Waals surface area contributed by atoms with Crippen molar-refractivity contribution in [1.29, 1.82) is 0 Å². The number of hydrogen-bond acceptors (Lipinski definition) is 2. The molecule has 0 bridgehead atoms. The Kier molecular flexibility index (Phi) is 7.64. The molecule has 0 spiro atoms. The highest BCUT2D eigenvalue weighted by Gasteiger charge is 2.41. The lowest BCUT2D eigenvalue weighted by molar-refractivity contribution is 0.632. The summed E-state index contributed by atoms with van der Waals surface area (Å²) in [5.41, 5.74) is 22.7. The van der Waals surface area contributed by atoms with Crippen LogP contribution in [0.5, 0.6) is 0 Å². The molecule has 0 saturated heterocycles. The van der Waals surface area contributed by atoms with E-state index < -0.39 is 0 Å². The molecular weight excluding hydrogens is 663 g/mol. The first-order valence-corrected chi connectivity index (χ1v) is 19.5. The average Bonchev–Trinajstić information content (AvgIpc) is 3.19. The SMILES string of the molecule is Cc1cc(C)c(-c2cc(-c3cc4ccccc4cc3Nc3ccc(-c4ccccc4)cc3)c3c(c2)N2c4ccccc4C(C)(C)c4cccc(c42)B3)c(C)c1. The van der Waals surface area contributed by atoms with E-state index in [0.717, 1.165) is 18.7 Å². The quantitative estimate of drug-likeness (QED) is 0.179. The van der Waals surface area contributed by atoms with Gasteiger partial charge in [0, 0.05) is 33.7 Å². The van der Waals surface area contributed by atoms with E-state index in [2.05, 4.69) is 203 Å². The minimum absolute atomic E-state index is 0.119. The first-order chi connectivity index (χ1) is 26.7. The molecule has 0 aromatic heterocycles. The predicted molar refractivity (Wildman–Crippen MR) is 237 cm³/mol. The van der Waals surface area contributed by atoms with Gasteiger partial charge in [0.1, 0.15) is 0 Å². The number of aryl methyl sites for hydroxylation is 3. The summed E-state index contributed by atoms with van der Waals surface area (Å²) >= 11 is 0. The molecule has 8 aromatic carbocycles. The lowest BCUT2D eigenvalue weighted by atomic mass is 9.55. The number of hydrogen-bond donors (Lipinski definition) is 1. The number of para-hydroxylation sites is 2. The number of nitrogens with zero attached hydrogens (tertiary/aromatic N) is 1. The van der Waals surface area contributed by atoms with Gasteiger partial charge in [-0.2, -0.15) is 0 Å². The zero-order chi connectivity index (χ0) is 37.4. The Morgan fingerprint density at radius 3 is 1.95 bits per heavy atom. The summed E-state index contributed by atoms with van der Waals surface area (Å²) in [6.45, 7) is 11.5. The highest BCUT2D eigenvalue weighted by atomic mass is 15.2. The zero-order valence-electron chi connectivity index (χ0n) is 32.2. The summed E-state index contributed by atoms with van der Waals surface area (Å²) in [7, 11) is 0.854. The minimum atomic E-state index is -0.119. The molecule has 0 saturated carbocycles. The second kappa shape index (κ2) is 12.6. The molecule has 0 aliphatic carbocycles. The highest BCUT2D eigenvalue weighted by molar-refractivity contribution is 6.73. The maximum Gasteiger partial charge on any atom is 0.198 e. The third-order valence-electron chi connectivity index (χ3n) is 12.1. The van der Waals surface area contributed by atoms with Crippen LogP contribution in [-0.2, 0) is 5.41 Å². The first-order valence-electron chi connectivity index (χ1n) is 19.5. The summed E-state index contributed by atoms with van der Waals surface area (Å²) in [6.07, 6.45) is 0. The van der Waals surface area contributed by atoms with E-state index >= 15 is 0 Å². The van der Waals surface area contributed by atoms with Gasteiger partial charge in [0.2, 0.25) is 0 Å². The van der Waals surface area contributed by atoms with Gasteiger partial charge >= 0.3 is 0 Å². The van der Waals surface area contributed by atoms with Crippen LogP contribution >= 0.6 is 0 Å². The number of anilines is 5. The third-order valence-corrected chi connectivity index (χ3v) is 12.1. The van der Waals surface area contributed by atoms with Gasteiger partial charge in [0.25, 0.3) is 0 Å². The molecule has 0 amide bonds. The van der Waals surface area contributed by atoms with Crippen LogP contribution in [0, 0.1) is 20.8 Å². The molecule has 0 radical (unpaired) electrons. The fourth-order valence-electron chi connectivity index (χ4n) is 9.57. The molecule has 10 rings (SSSR count). The van der Waals surface area contributed by atoms with Crippen molar-refractivity contribution in [3.05, 3.63) is 186 Å². The van der Waals surface area contributed by atoms with Crippen LogP contribution in [0.15, 0.2) is 158 Å². The van der Waals surface area contributed by atoms with Gasteiger partial charge in [0.05, 0.1) is 5.69 Å². The topological polar surface area (TPSA) is 15.3 Å². The number of benzene rings is 8. The van der Waals surface area contributed by atoms with Crippen molar-refractivity contribution in [2.75, 3.05) is 10.2 Å². The molecule has 2 aliphatic heterocycles. The van der Waals surface area contributed by atoms with E-state index in [1.165, 1.54) is 100.0 Å². The Morgan fingerprint density at radius 2 is 1.18 bits per heavy atom. The molecule has 3 heteroatoms. The number of fused-ring (bicyclic) bond motifs is 5. The summed E-state index contributed by atoms with van der Waals surface area (Å²) in [5, 5.41) is 6.36. The van der Waals surface area contributed by atoms with E-state index in [0.29, 0.717) is 0 Å². The average molecular weight is 707 g/mol. The van der Waals surface area contributed by atoms with Crippen LogP contribution in [0.4, 0.5) is 28.4 Å². The normalized spacial score (nSPS) is 13.4. The Morgan fingerprint density at radius 1 is 0.527 bits per heavy atom. The van der Waals surface area contributed by atoms with Crippen LogP contribution in [0.2, 0.25) is 0 Å². The molecule has 0 atom stereocenters. The molecule has 55 heavy (non-hydrogen) atoms. The smallest absolute Gasteiger partial charge is 0.198 e. The third kappa shape index (κ3) is 5.41. The lowest BCUT2D eigenvalue weighted by Crippen LogP contribution is -2.45. The van der Waals surface area contributed by atoms with Gasteiger partial charge in [-0.05, 0) is 130 Å². The Hall–Kier alpha value is -6.32. The van der Waals surface area contributed by atoms with Crippen molar-refractivity contribution in [1.82, 2.24) is 0 Å². The molecule has 1 N–H and O–H groups in total. The van der Waals surface area contributed by atoms with Crippen molar-refractivity contribution in [2.24, 2.45) is 0 Å². The summed E-state index contributed by atoms with van der Waals surface area (Å²) in [4.78, 5) is 2.59. The van der Waals surface area contributed by atoms with Gasteiger partial charge < -0.3 is 10.2 Å². The van der Waals surface area contributed by atoms with Gasteiger partial charge in [-0.25, -0.2) is 0 Å². The van der Waals surface area contributed by atoms with Gasteiger partial charge in [-0.1, -0.05) is 140 Å². The molecule has 2 heterocycles. The van der Waals surface area contributed by atoms with Crippen LogP contribution in [0.1, 0.15) is 41.7 Å². The maximum atomic E-state index is 3.92. The molecule has 0 unspecified atom stereocenters. The van der Waals surface area contributed by atoms with Crippen molar-refractivity contribution < 1.29 is 0 Å². The van der Waals surface area contributed by atoms with E-state index in [4.69, 9.17) is 0 Å². The van der Waals surface area contributed by atoms with Crippen LogP contribution in [0.25, 0.3) is 44.2 Å². The Labute approximate surface area is 325 Å². The minimum Gasteiger partial charge on any atom is -0.355 e. The molecule has 0 fully saturated rings. The summed E-state index contributed by atoms with van der Waals surface area (Å²) in [5.74, 6) is 0. The number of nitrogens with one attached hydrogen (secondary N) is 1. The molecule has 264 valence electrons. The standard InChI is InChI=1S/C52H43BN2/c1-32-26-33(2)49(34(3)27-32)39-29-42(50-48(31-39)55-47-21-12-11-18-43(47)52(4,5)44-19-13-20-45(53-50)51(44)55)41-28-37-16-9-10-17-38(37)30-46(41)54-40-24-22-36(23-25-40)35-14-7-6-8-15-35/h6-31,53-54H,1-5H3. The molecule has 2 nitrogen and oxygen atoms in total. The van der Waals surface area contributed by atoms with Gasteiger partial charge in [-0.15, -0.1) is 0 Å². The van der Waals surface area contributed by atoms with E-state index in [1.54, 1.807) is 0 Å².